The standard InChI is InChI=1S/C20H20N2O6S/c1-29(25,26)19-11-15-16(7-8-21-17(15)12-18(19)27-10-9-23)22-20(24)28-13-14-5-3-2-4-6-14/h2-8,11-12,23H,9-10,13H2,1H3,(H,21,22,24). The number of pyridine rings is 1. The van der Waals surface area contributed by atoms with Gasteiger partial charge in [-0.2, -0.15) is 0 Å². The summed E-state index contributed by atoms with van der Waals surface area (Å²) in [5.74, 6) is 0.0883. The Balaban J connectivity index is 1.89. The van der Waals surface area contributed by atoms with Crippen LogP contribution < -0.4 is 10.1 Å². The number of rotatable bonds is 7. The number of aliphatic hydroxyl groups is 1. The van der Waals surface area contributed by atoms with Crippen LogP contribution in [0.2, 0.25) is 0 Å². The third-order valence-electron chi connectivity index (χ3n) is 4.00. The van der Waals surface area contributed by atoms with Crippen molar-refractivity contribution < 1.29 is 27.8 Å². The molecule has 3 aromatic rings. The largest absolute Gasteiger partial charge is 0.490 e. The summed E-state index contributed by atoms with van der Waals surface area (Å²) in [6, 6.07) is 13.6. The second-order valence-corrected chi connectivity index (χ2v) is 8.19. The highest BCUT2D eigenvalue weighted by atomic mass is 32.2. The van der Waals surface area contributed by atoms with Crippen LogP contribution in [0.1, 0.15) is 5.56 Å². The van der Waals surface area contributed by atoms with Gasteiger partial charge in [0.25, 0.3) is 0 Å². The van der Waals surface area contributed by atoms with Gasteiger partial charge in [-0.1, -0.05) is 30.3 Å². The van der Waals surface area contributed by atoms with Gasteiger partial charge in [-0.05, 0) is 17.7 Å². The predicted molar refractivity (Wildman–Crippen MR) is 108 cm³/mol. The number of benzene rings is 2. The zero-order chi connectivity index (χ0) is 20.9. The molecule has 2 N–H and O–H groups in total. The number of nitrogens with one attached hydrogen (secondary N) is 1. The average Bonchev–Trinajstić information content (AvgIpc) is 2.70. The van der Waals surface area contributed by atoms with Crippen molar-refractivity contribution >= 4 is 32.5 Å². The highest BCUT2D eigenvalue weighted by molar-refractivity contribution is 7.90. The fourth-order valence-electron chi connectivity index (χ4n) is 2.69. The Hall–Kier alpha value is -3.17. The Morgan fingerprint density at radius 2 is 1.93 bits per heavy atom. The summed E-state index contributed by atoms with van der Waals surface area (Å²) in [4.78, 5) is 16.3. The minimum absolute atomic E-state index is 0.0578. The van der Waals surface area contributed by atoms with Crippen LogP contribution >= 0.6 is 0 Å². The number of hydrogen-bond acceptors (Lipinski definition) is 7. The van der Waals surface area contributed by atoms with Gasteiger partial charge in [0.1, 0.15) is 23.9 Å². The van der Waals surface area contributed by atoms with E-state index >= 15 is 0 Å². The number of nitrogens with zero attached hydrogens (tertiary/aromatic N) is 1. The van der Waals surface area contributed by atoms with Crippen molar-refractivity contribution in [1.82, 2.24) is 4.98 Å². The van der Waals surface area contributed by atoms with Gasteiger partial charge < -0.3 is 14.6 Å². The molecule has 3 rings (SSSR count). The summed E-state index contributed by atoms with van der Waals surface area (Å²) in [6.45, 7) is -0.218. The number of hydrogen-bond donors (Lipinski definition) is 2. The summed E-state index contributed by atoms with van der Waals surface area (Å²) in [7, 11) is -3.63. The topological polar surface area (TPSA) is 115 Å². The lowest BCUT2D eigenvalue weighted by Gasteiger charge is -2.13. The molecule has 0 radical (unpaired) electrons. The van der Waals surface area contributed by atoms with Crippen LogP contribution in [0.3, 0.4) is 0 Å². The van der Waals surface area contributed by atoms with Crippen LogP contribution in [0.5, 0.6) is 5.75 Å². The third kappa shape index (κ3) is 5.21. The molecule has 29 heavy (non-hydrogen) atoms. The van der Waals surface area contributed by atoms with E-state index in [4.69, 9.17) is 14.6 Å². The Bertz CT molecular complexity index is 1120. The molecule has 0 fully saturated rings. The van der Waals surface area contributed by atoms with Gasteiger partial charge in [-0.3, -0.25) is 10.3 Å². The van der Waals surface area contributed by atoms with Crippen LogP contribution in [-0.2, 0) is 21.2 Å². The maximum atomic E-state index is 12.2. The molecule has 0 unspecified atom stereocenters. The van der Waals surface area contributed by atoms with Crippen molar-refractivity contribution in [1.29, 1.82) is 0 Å². The Labute approximate surface area is 168 Å². The normalized spacial score (nSPS) is 11.2. The number of ether oxygens (including phenoxy) is 2. The molecule has 8 nitrogen and oxygen atoms in total. The van der Waals surface area contributed by atoms with E-state index < -0.39 is 15.9 Å². The zero-order valence-electron chi connectivity index (χ0n) is 15.7. The van der Waals surface area contributed by atoms with E-state index in [1.165, 1.54) is 18.3 Å². The zero-order valence-corrected chi connectivity index (χ0v) is 16.5. The number of amides is 1. The first-order valence-electron chi connectivity index (χ1n) is 8.72. The van der Waals surface area contributed by atoms with Gasteiger partial charge in [-0.15, -0.1) is 0 Å². The van der Waals surface area contributed by atoms with Gasteiger partial charge >= 0.3 is 6.09 Å². The number of aliphatic hydroxyl groups excluding tert-OH is 1. The lowest BCUT2D eigenvalue weighted by molar-refractivity contribution is 0.155. The summed E-state index contributed by atoms with van der Waals surface area (Å²) < 4.78 is 34.9. The third-order valence-corrected chi connectivity index (χ3v) is 5.12. The van der Waals surface area contributed by atoms with Crippen molar-refractivity contribution in [3.63, 3.8) is 0 Å². The molecule has 0 saturated heterocycles. The monoisotopic (exact) mass is 416 g/mol. The Kier molecular flexibility index (Phi) is 6.30. The van der Waals surface area contributed by atoms with Gasteiger partial charge in [0.2, 0.25) is 0 Å². The quantitative estimate of drug-likeness (QED) is 0.608. The smallest absolute Gasteiger partial charge is 0.411 e. The van der Waals surface area contributed by atoms with Gasteiger partial charge in [0.05, 0.1) is 17.8 Å². The minimum Gasteiger partial charge on any atom is -0.490 e. The second kappa shape index (κ2) is 8.89. The highest BCUT2D eigenvalue weighted by Gasteiger charge is 2.18. The van der Waals surface area contributed by atoms with Crippen LogP contribution in [0, 0.1) is 0 Å². The van der Waals surface area contributed by atoms with Crippen molar-refractivity contribution in [2.75, 3.05) is 24.8 Å². The molecule has 152 valence electrons. The number of carbonyl (C=O) groups is 1. The first-order valence-corrected chi connectivity index (χ1v) is 10.6. The number of sulfone groups is 1. The van der Waals surface area contributed by atoms with Crippen molar-refractivity contribution in [2.24, 2.45) is 0 Å². The van der Waals surface area contributed by atoms with E-state index in [0.29, 0.717) is 16.6 Å². The van der Waals surface area contributed by atoms with Gasteiger partial charge in [0, 0.05) is 23.9 Å². The van der Waals surface area contributed by atoms with Crippen LogP contribution in [0.25, 0.3) is 10.9 Å². The number of aromatic nitrogens is 1. The molecule has 0 spiro atoms. The summed E-state index contributed by atoms with van der Waals surface area (Å²) in [6.07, 6.45) is 1.85. The van der Waals surface area contributed by atoms with Crippen molar-refractivity contribution in [3.8, 4) is 5.75 Å². The lowest BCUT2D eigenvalue weighted by atomic mass is 10.2. The molecule has 0 aliphatic rings. The molecular weight excluding hydrogens is 396 g/mol. The van der Waals surface area contributed by atoms with Crippen molar-refractivity contribution in [3.05, 3.63) is 60.3 Å². The highest BCUT2D eigenvalue weighted by Crippen LogP contribution is 2.32. The molecular formula is C20H20N2O6S. The number of carbonyl (C=O) groups excluding carboxylic acids is 1. The van der Waals surface area contributed by atoms with Crippen molar-refractivity contribution in [2.45, 2.75) is 11.5 Å². The van der Waals surface area contributed by atoms with E-state index in [1.54, 1.807) is 6.07 Å². The molecule has 0 aliphatic carbocycles. The fourth-order valence-corrected chi connectivity index (χ4v) is 3.51. The van der Waals surface area contributed by atoms with Gasteiger partial charge in [-0.25, -0.2) is 13.2 Å². The minimum atomic E-state index is -3.63. The van der Waals surface area contributed by atoms with E-state index in [2.05, 4.69) is 10.3 Å². The molecule has 0 atom stereocenters. The molecule has 0 bridgehead atoms. The van der Waals surface area contributed by atoms with Gasteiger partial charge in [0.15, 0.2) is 9.84 Å². The van der Waals surface area contributed by atoms with E-state index in [1.807, 2.05) is 30.3 Å². The van der Waals surface area contributed by atoms with Crippen LogP contribution in [0.15, 0.2) is 59.6 Å². The Morgan fingerprint density at radius 3 is 2.62 bits per heavy atom. The van der Waals surface area contributed by atoms with E-state index in [0.717, 1.165) is 11.8 Å². The number of anilines is 1. The second-order valence-electron chi connectivity index (χ2n) is 6.21. The first-order chi connectivity index (χ1) is 13.9. The van der Waals surface area contributed by atoms with E-state index in [9.17, 15) is 13.2 Å². The summed E-state index contributed by atoms with van der Waals surface area (Å²) in [5.41, 5.74) is 1.62. The molecule has 1 aromatic heterocycles. The fraction of sp³-hybridized carbons (Fsp3) is 0.200. The maximum Gasteiger partial charge on any atom is 0.411 e. The molecule has 0 aliphatic heterocycles. The molecule has 9 heteroatoms. The average molecular weight is 416 g/mol. The summed E-state index contributed by atoms with van der Waals surface area (Å²) in [5, 5.41) is 12.0. The first kappa shape index (κ1) is 20.6. The number of fused-ring (bicyclic) bond motifs is 1. The molecule has 1 heterocycles. The predicted octanol–water partition coefficient (Wildman–Crippen LogP) is 2.76. The Morgan fingerprint density at radius 1 is 1.17 bits per heavy atom. The lowest BCUT2D eigenvalue weighted by Crippen LogP contribution is -2.14. The van der Waals surface area contributed by atoms with E-state index in [-0.39, 0.29) is 30.5 Å². The van der Waals surface area contributed by atoms with Crippen LogP contribution in [-0.4, -0.2) is 44.1 Å². The molecule has 1 amide bonds. The van der Waals surface area contributed by atoms with Crippen LogP contribution in [0.4, 0.5) is 10.5 Å². The molecule has 0 saturated carbocycles. The maximum absolute atomic E-state index is 12.2. The summed E-state index contributed by atoms with van der Waals surface area (Å²) >= 11 is 0. The molecule has 2 aromatic carbocycles. The SMILES string of the molecule is CS(=O)(=O)c1cc2c(NC(=O)OCc3ccccc3)ccnc2cc1OCCO.